The van der Waals surface area contributed by atoms with E-state index in [0.717, 1.165) is 25.0 Å². The van der Waals surface area contributed by atoms with Gasteiger partial charge < -0.3 is 5.73 Å². The molecule has 8 heteroatoms. The number of carbonyl (C=O) groups excluding carboxylic acids is 1. The summed E-state index contributed by atoms with van der Waals surface area (Å²) >= 11 is 17.6. The van der Waals surface area contributed by atoms with Crippen LogP contribution in [0.5, 0.6) is 0 Å². The van der Waals surface area contributed by atoms with Crippen molar-refractivity contribution in [3.8, 4) is 0 Å². The van der Waals surface area contributed by atoms with Crippen LogP contribution < -0.4 is 11.2 Å². The van der Waals surface area contributed by atoms with Gasteiger partial charge in [0.1, 0.15) is 5.02 Å². The Bertz CT molecular complexity index is 576. The second-order valence-electron chi connectivity index (χ2n) is 4.89. The number of amides is 1. The van der Waals surface area contributed by atoms with E-state index >= 15 is 0 Å². The fraction of sp³-hybridized carbons (Fsp3) is 0.500. The van der Waals surface area contributed by atoms with E-state index in [1.54, 1.807) is 0 Å². The van der Waals surface area contributed by atoms with Crippen molar-refractivity contribution in [2.75, 3.05) is 5.73 Å². The highest BCUT2D eigenvalue weighted by Crippen LogP contribution is 2.34. The molecule has 0 aliphatic heterocycles. The molecular weight excluding hydrogens is 347 g/mol. The lowest BCUT2D eigenvalue weighted by Gasteiger charge is -2.08. The van der Waals surface area contributed by atoms with Crippen LogP contribution >= 0.6 is 34.8 Å². The van der Waals surface area contributed by atoms with E-state index in [-0.39, 0.29) is 26.6 Å². The number of hydrazone groups is 1. The molecule has 0 saturated heterocycles. The third-order valence-corrected chi connectivity index (χ3v) is 4.16. The molecule has 0 aliphatic carbocycles. The summed E-state index contributed by atoms with van der Waals surface area (Å²) in [7, 11) is 0. The quantitative estimate of drug-likeness (QED) is 0.318. The predicted octanol–water partition coefficient (Wildman–Crippen LogP) is 4.70. The Kier molecular flexibility index (Phi) is 7.93. The zero-order valence-corrected chi connectivity index (χ0v) is 14.8. The second-order valence-corrected chi connectivity index (χ2v) is 6.01. The highest BCUT2D eigenvalue weighted by Gasteiger charge is 2.19. The molecule has 1 aromatic heterocycles. The van der Waals surface area contributed by atoms with Gasteiger partial charge in [0.05, 0.1) is 10.7 Å². The standard InChI is InChI=1S/C14H19Cl3N4O/c1-3-4-5-6-7-8(2)20-21-14(22)12-9(15)11(18)10(16)13(17)19-12/h3-7H2,1-2H3,(H2,18,19)(H,21,22)/b20-8+. The highest BCUT2D eigenvalue weighted by molar-refractivity contribution is 6.46. The molecule has 1 amide bonds. The van der Waals surface area contributed by atoms with Crippen molar-refractivity contribution >= 4 is 52.1 Å². The lowest BCUT2D eigenvalue weighted by atomic mass is 10.1. The zero-order chi connectivity index (χ0) is 16.7. The normalized spacial score (nSPS) is 11.6. The molecule has 0 spiro atoms. The molecule has 3 N–H and O–H groups in total. The van der Waals surface area contributed by atoms with Gasteiger partial charge >= 0.3 is 0 Å². The summed E-state index contributed by atoms with van der Waals surface area (Å²) in [6, 6.07) is 0. The summed E-state index contributed by atoms with van der Waals surface area (Å²) in [5, 5.41) is 3.94. The Morgan fingerprint density at radius 1 is 1.23 bits per heavy atom. The number of carbonyl (C=O) groups is 1. The molecule has 0 aromatic carbocycles. The Morgan fingerprint density at radius 3 is 2.55 bits per heavy atom. The summed E-state index contributed by atoms with van der Waals surface area (Å²) in [6.07, 6.45) is 5.38. The maximum Gasteiger partial charge on any atom is 0.291 e. The summed E-state index contributed by atoms with van der Waals surface area (Å²) < 4.78 is 0. The van der Waals surface area contributed by atoms with E-state index in [2.05, 4.69) is 22.4 Å². The summed E-state index contributed by atoms with van der Waals surface area (Å²) in [5.41, 5.74) is 8.82. The Balaban J connectivity index is 2.70. The fourth-order valence-electron chi connectivity index (χ4n) is 1.74. The van der Waals surface area contributed by atoms with E-state index in [1.165, 1.54) is 12.8 Å². The molecular formula is C14H19Cl3N4O. The van der Waals surface area contributed by atoms with Gasteiger partial charge in [0.15, 0.2) is 10.8 Å². The average Bonchev–Trinajstić information content (AvgIpc) is 2.50. The number of pyridine rings is 1. The number of anilines is 1. The number of hydrogen-bond donors (Lipinski definition) is 2. The van der Waals surface area contributed by atoms with Crippen LogP contribution in [-0.4, -0.2) is 16.6 Å². The van der Waals surface area contributed by atoms with Crippen LogP contribution in [0.3, 0.4) is 0 Å². The van der Waals surface area contributed by atoms with Gasteiger partial charge in [0, 0.05) is 5.71 Å². The molecule has 0 saturated carbocycles. The highest BCUT2D eigenvalue weighted by atomic mass is 35.5. The van der Waals surface area contributed by atoms with Gasteiger partial charge in [-0.2, -0.15) is 5.10 Å². The van der Waals surface area contributed by atoms with E-state index < -0.39 is 5.91 Å². The number of nitrogens with one attached hydrogen (secondary N) is 1. The van der Waals surface area contributed by atoms with Gasteiger partial charge in [-0.05, 0) is 19.8 Å². The van der Waals surface area contributed by atoms with Crippen LogP contribution in [0, 0.1) is 0 Å². The van der Waals surface area contributed by atoms with Crippen LogP contribution in [0.15, 0.2) is 5.10 Å². The molecule has 0 fully saturated rings. The molecule has 0 radical (unpaired) electrons. The lowest BCUT2D eigenvalue weighted by molar-refractivity contribution is 0.0950. The monoisotopic (exact) mass is 364 g/mol. The number of nitrogens with zero attached hydrogens (tertiary/aromatic N) is 2. The van der Waals surface area contributed by atoms with Crippen molar-refractivity contribution in [1.82, 2.24) is 10.4 Å². The molecule has 1 heterocycles. The molecule has 22 heavy (non-hydrogen) atoms. The fourth-order valence-corrected chi connectivity index (χ4v) is 2.34. The Hall–Kier alpha value is -1.04. The number of rotatable bonds is 7. The van der Waals surface area contributed by atoms with Gasteiger partial charge in [-0.3, -0.25) is 4.79 Å². The summed E-state index contributed by atoms with van der Waals surface area (Å²) in [6.45, 7) is 4.01. The van der Waals surface area contributed by atoms with Crippen molar-refractivity contribution in [2.24, 2.45) is 5.10 Å². The number of unbranched alkanes of at least 4 members (excludes halogenated alkanes) is 3. The number of aromatic nitrogens is 1. The van der Waals surface area contributed by atoms with Crippen molar-refractivity contribution < 1.29 is 4.79 Å². The van der Waals surface area contributed by atoms with E-state index in [4.69, 9.17) is 40.5 Å². The maximum absolute atomic E-state index is 12.0. The first-order valence-electron chi connectivity index (χ1n) is 7.01. The van der Waals surface area contributed by atoms with Crippen LogP contribution in [-0.2, 0) is 0 Å². The molecule has 0 bridgehead atoms. The Labute approximate surface area is 145 Å². The lowest BCUT2D eigenvalue weighted by Crippen LogP contribution is -2.21. The van der Waals surface area contributed by atoms with Crippen molar-refractivity contribution in [2.45, 2.75) is 46.0 Å². The minimum absolute atomic E-state index is 0.0220. The van der Waals surface area contributed by atoms with Crippen molar-refractivity contribution in [3.63, 3.8) is 0 Å². The van der Waals surface area contributed by atoms with Crippen LogP contribution in [0.1, 0.15) is 56.4 Å². The number of nitrogen functional groups attached to an aromatic ring is 1. The minimum atomic E-state index is -0.580. The number of halogens is 3. The Morgan fingerprint density at radius 2 is 1.91 bits per heavy atom. The molecule has 0 atom stereocenters. The largest absolute Gasteiger partial charge is 0.396 e. The van der Waals surface area contributed by atoms with Gasteiger partial charge in [0.25, 0.3) is 5.91 Å². The van der Waals surface area contributed by atoms with Crippen LogP contribution in [0.25, 0.3) is 0 Å². The molecule has 1 aromatic rings. The zero-order valence-electron chi connectivity index (χ0n) is 12.5. The molecule has 0 unspecified atom stereocenters. The first-order valence-corrected chi connectivity index (χ1v) is 8.15. The van der Waals surface area contributed by atoms with E-state index in [0.29, 0.717) is 0 Å². The topological polar surface area (TPSA) is 80.4 Å². The van der Waals surface area contributed by atoms with Crippen LogP contribution in [0.2, 0.25) is 15.2 Å². The molecule has 122 valence electrons. The van der Waals surface area contributed by atoms with Crippen molar-refractivity contribution in [3.05, 3.63) is 20.9 Å². The summed E-state index contributed by atoms with van der Waals surface area (Å²) in [4.78, 5) is 15.9. The molecule has 1 rings (SSSR count). The smallest absolute Gasteiger partial charge is 0.291 e. The van der Waals surface area contributed by atoms with Gasteiger partial charge in [-0.15, -0.1) is 0 Å². The molecule has 0 aliphatic rings. The van der Waals surface area contributed by atoms with E-state index in [1.807, 2.05) is 6.92 Å². The number of nitrogens with two attached hydrogens (primary N) is 1. The number of hydrogen-bond acceptors (Lipinski definition) is 4. The second kappa shape index (κ2) is 9.18. The summed E-state index contributed by atoms with van der Waals surface area (Å²) in [5.74, 6) is -0.580. The first kappa shape index (κ1) is 19.0. The van der Waals surface area contributed by atoms with Crippen LogP contribution in [0.4, 0.5) is 5.69 Å². The van der Waals surface area contributed by atoms with Crippen molar-refractivity contribution in [1.29, 1.82) is 0 Å². The average molecular weight is 366 g/mol. The SMILES string of the molecule is CCCCCC/C(C)=N/NC(=O)c1nc(Cl)c(Cl)c(N)c1Cl. The third-order valence-electron chi connectivity index (χ3n) is 3.03. The van der Waals surface area contributed by atoms with Gasteiger partial charge in [-0.25, -0.2) is 10.4 Å². The molecule has 5 nitrogen and oxygen atoms in total. The predicted molar refractivity (Wildman–Crippen MR) is 93.0 cm³/mol. The van der Waals surface area contributed by atoms with Gasteiger partial charge in [-0.1, -0.05) is 61.0 Å². The van der Waals surface area contributed by atoms with Gasteiger partial charge in [0.2, 0.25) is 0 Å². The third kappa shape index (κ3) is 5.30. The maximum atomic E-state index is 12.0. The first-order chi connectivity index (χ1) is 10.4. The minimum Gasteiger partial charge on any atom is -0.396 e. The van der Waals surface area contributed by atoms with E-state index in [9.17, 15) is 4.79 Å².